The number of alkyl halides is 3. The lowest BCUT2D eigenvalue weighted by atomic mass is 9.47. The van der Waals surface area contributed by atoms with Crippen LogP contribution in [-0.2, 0) is 14.1 Å². The number of halogens is 3. The topological polar surface area (TPSA) is 67.8 Å². The summed E-state index contributed by atoms with van der Waals surface area (Å²) in [5.41, 5.74) is 0.269. The van der Waals surface area contributed by atoms with Gasteiger partial charge in [0.25, 0.3) is 0 Å². The maximum Gasteiger partial charge on any atom is 0.490 e. The van der Waals surface area contributed by atoms with Gasteiger partial charge in [0, 0.05) is 13.1 Å². The van der Waals surface area contributed by atoms with E-state index >= 15 is 0 Å². The smallest absolute Gasteiger partial charge is 0.475 e. The Labute approximate surface area is 134 Å². The summed E-state index contributed by atoms with van der Waals surface area (Å²) in [6.07, 6.45) is -2.53. The van der Waals surface area contributed by atoms with Crippen LogP contribution in [0.25, 0.3) is 0 Å². The molecule has 0 unspecified atom stereocenters. The second kappa shape index (κ2) is 5.63. The molecule has 0 bridgehead atoms. The maximum absolute atomic E-state index is 10.6. The summed E-state index contributed by atoms with van der Waals surface area (Å²) >= 11 is 0. The van der Waals surface area contributed by atoms with Crippen molar-refractivity contribution in [1.82, 2.24) is 5.32 Å². The van der Waals surface area contributed by atoms with Gasteiger partial charge < -0.3 is 19.7 Å². The van der Waals surface area contributed by atoms with E-state index in [-0.39, 0.29) is 18.3 Å². The summed E-state index contributed by atoms with van der Waals surface area (Å²) in [7, 11) is 0.0243. The molecule has 0 aromatic heterocycles. The molecular formula is C14H23BF3NO4. The van der Waals surface area contributed by atoms with Crippen LogP contribution in [-0.4, -0.2) is 48.7 Å². The first-order valence-corrected chi connectivity index (χ1v) is 7.65. The fourth-order valence-electron chi connectivity index (χ4n) is 3.09. The molecule has 3 rings (SSSR count). The summed E-state index contributed by atoms with van der Waals surface area (Å²) in [6, 6.07) is 0. The third-order valence-corrected chi connectivity index (χ3v) is 5.29. The molecule has 0 atom stereocenters. The number of rotatable bonds is 1. The molecule has 3 aliphatic rings. The fraction of sp³-hybridized carbons (Fsp3) is 0.929. The number of carboxylic acid groups (broad SMARTS) is 1. The van der Waals surface area contributed by atoms with E-state index in [2.05, 4.69) is 33.0 Å². The first kappa shape index (κ1) is 18.5. The van der Waals surface area contributed by atoms with E-state index in [0.717, 1.165) is 0 Å². The number of aliphatic carboxylic acids is 1. The van der Waals surface area contributed by atoms with Gasteiger partial charge in [-0.3, -0.25) is 0 Å². The predicted octanol–water partition coefficient (Wildman–Crippen LogP) is 2.47. The van der Waals surface area contributed by atoms with Crippen LogP contribution in [0.1, 0.15) is 40.5 Å². The largest absolute Gasteiger partial charge is 0.490 e. The van der Waals surface area contributed by atoms with Gasteiger partial charge in [-0.05, 0) is 51.8 Å². The molecule has 1 aliphatic carbocycles. The van der Waals surface area contributed by atoms with E-state index in [9.17, 15) is 13.2 Å². The van der Waals surface area contributed by atoms with Crippen molar-refractivity contribution in [3.63, 3.8) is 0 Å². The van der Waals surface area contributed by atoms with Gasteiger partial charge in [0.05, 0.1) is 11.2 Å². The van der Waals surface area contributed by atoms with Crippen molar-refractivity contribution in [3.05, 3.63) is 0 Å². The van der Waals surface area contributed by atoms with Crippen molar-refractivity contribution in [1.29, 1.82) is 0 Å². The van der Waals surface area contributed by atoms with Gasteiger partial charge >= 0.3 is 19.3 Å². The number of hydrogen-bond acceptors (Lipinski definition) is 4. The zero-order valence-corrected chi connectivity index (χ0v) is 13.8. The van der Waals surface area contributed by atoms with E-state index < -0.39 is 12.1 Å². The lowest BCUT2D eigenvalue weighted by Gasteiger charge is -2.54. The first-order valence-electron chi connectivity index (χ1n) is 7.65. The van der Waals surface area contributed by atoms with Crippen LogP contribution >= 0.6 is 0 Å². The van der Waals surface area contributed by atoms with Crippen LogP contribution < -0.4 is 5.32 Å². The molecule has 2 heterocycles. The van der Waals surface area contributed by atoms with Crippen molar-refractivity contribution in [2.75, 3.05) is 13.1 Å². The van der Waals surface area contributed by atoms with Gasteiger partial charge in [-0.1, -0.05) is 0 Å². The Morgan fingerprint density at radius 2 is 1.52 bits per heavy atom. The van der Waals surface area contributed by atoms with Crippen LogP contribution in [0.5, 0.6) is 0 Å². The van der Waals surface area contributed by atoms with Gasteiger partial charge in [0.1, 0.15) is 0 Å². The molecule has 2 saturated heterocycles. The molecule has 132 valence electrons. The molecule has 1 saturated carbocycles. The molecule has 0 amide bonds. The van der Waals surface area contributed by atoms with Crippen molar-refractivity contribution in [2.24, 2.45) is 5.41 Å². The van der Waals surface area contributed by atoms with Crippen LogP contribution in [0, 0.1) is 5.41 Å². The van der Waals surface area contributed by atoms with E-state index in [4.69, 9.17) is 19.2 Å². The van der Waals surface area contributed by atoms with Crippen LogP contribution in [0.2, 0.25) is 5.82 Å². The average molecular weight is 337 g/mol. The van der Waals surface area contributed by atoms with E-state index in [0.29, 0.717) is 11.2 Å². The molecule has 1 spiro atoms. The van der Waals surface area contributed by atoms with Crippen LogP contribution in [0.4, 0.5) is 13.2 Å². The van der Waals surface area contributed by atoms with Crippen molar-refractivity contribution < 1.29 is 32.4 Å². The Balaban J connectivity index is 0.000000236. The zero-order valence-electron chi connectivity index (χ0n) is 13.8. The highest BCUT2D eigenvalue weighted by molar-refractivity contribution is 6.47. The quantitative estimate of drug-likeness (QED) is 0.720. The minimum atomic E-state index is -5.08. The maximum atomic E-state index is 10.6. The zero-order chi connectivity index (χ0) is 17.7. The van der Waals surface area contributed by atoms with Crippen LogP contribution in [0.15, 0.2) is 0 Å². The van der Waals surface area contributed by atoms with E-state index in [1.54, 1.807) is 0 Å². The summed E-state index contributed by atoms with van der Waals surface area (Å²) in [4.78, 5) is 8.90. The van der Waals surface area contributed by atoms with Gasteiger partial charge in [-0.25, -0.2) is 4.79 Å². The Morgan fingerprint density at radius 1 is 1.13 bits per heavy atom. The molecule has 9 heteroatoms. The number of nitrogens with one attached hydrogen (secondary N) is 1. The SMILES string of the molecule is CC1(C)OB(C2CC3(CNC3)C2)OC1(C)C.O=C(O)C(F)(F)F. The summed E-state index contributed by atoms with van der Waals surface area (Å²) < 4.78 is 43.9. The van der Waals surface area contributed by atoms with Crippen molar-refractivity contribution >= 4 is 13.1 Å². The minimum absolute atomic E-state index is 0.0243. The normalized spacial score (nSPS) is 27.7. The molecule has 0 radical (unpaired) electrons. The van der Waals surface area contributed by atoms with Gasteiger partial charge in [-0.15, -0.1) is 0 Å². The molecule has 0 aromatic carbocycles. The Morgan fingerprint density at radius 3 is 1.78 bits per heavy atom. The third-order valence-electron chi connectivity index (χ3n) is 5.29. The Hall–Kier alpha value is -0.795. The number of hydrogen-bond donors (Lipinski definition) is 2. The van der Waals surface area contributed by atoms with Crippen molar-refractivity contribution in [2.45, 2.75) is 63.7 Å². The number of carbonyl (C=O) groups is 1. The second-order valence-electron chi connectivity index (χ2n) is 7.70. The average Bonchev–Trinajstić information content (AvgIpc) is 2.42. The number of carboxylic acids is 1. The van der Waals surface area contributed by atoms with Gasteiger partial charge in [0.15, 0.2) is 0 Å². The molecule has 2 aliphatic heterocycles. The standard InChI is InChI=1S/C12H22BNO2.C2HF3O2/c1-10(2)11(3,4)16-13(15-10)9-5-12(6-9)7-14-8-12;3-2(4,5)1(6)7/h9,14H,5-8H2,1-4H3;(H,6,7). The highest BCUT2D eigenvalue weighted by atomic mass is 19.4. The minimum Gasteiger partial charge on any atom is -0.475 e. The lowest BCUT2D eigenvalue weighted by Crippen LogP contribution is -2.61. The van der Waals surface area contributed by atoms with Crippen molar-refractivity contribution in [3.8, 4) is 0 Å². The molecule has 3 fully saturated rings. The molecule has 23 heavy (non-hydrogen) atoms. The summed E-state index contributed by atoms with van der Waals surface area (Å²) in [5, 5.41) is 10.5. The Bertz CT molecular complexity index is 453. The van der Waals surface area contributed by atoms with E-state index in [1.165, 1.54) is 25.9 Å². The Kier molecular flexibility index (Phi) is 4.54. The highest BCUT2D eigenvalue weighted by Gasteiger charge is 2.60. The third kappa shape index (κ3) is 3.66. The monoisotopic (exact) mass is 337 g/mol. The van der Waals surface area contributed by atoms with Gasteiger partial charge in [-0.2, -0.15) is 13.2 Å². The molecule has 0 aromatic rings. The summed E-state index contributed by atoms with van der Waals surface area (Å²) in [5.74, 6) is -2.14. The fourth-order valence-corrected chi connectivity index (χ4v) is 3.09. The van der Waals surface area contributed by atoms with Gasteiger partial charge in [0.2, 0.25) is 0 Å². The second-order valence-corrected chi connectivity index (χ2v) is 7.70. The molecule has 2 N–H and O–H groups in total. The molecule has 5 nitrogen and oxygen atoms in total. The molecular weight excluding hydrogens is 314 g/mol. The van der Waals surface area contributed by atoms with E-state index in [1.807, 2.05) is 0 Å². The van der Waals surface area contributed by atoms with Crippen LogP contribution in [0.3, 0.4) is 0 Å². The predicted molar refractivity (Wildman–Crippen MR) is 78.1 cm³/mol. The highest BCUT2D eigenvalue weighted by Crippen LogP contribution is 2.56. The lowest BCUT2D eigenvalue weighted by molar-refractivity contribution is -0.192. The summed E-state index contributed by atoms with van der Waals surface area (Å²) in [6.45, 7) is 10.9. The first-order chi connectivity index (χ1) is 10.3.